The molecule has 4 atom stereocenters. The topological polar surface area (TPSA) is 77.8 Å². The SMILES string of the molecule is CCCCCCCC(O)/C=C/C1CCC(O)C1CCCCCCCC(=O)O. The van der Waals surface area contributed by atoms with E-state index in [0.29, 0.717) is 11.8 Å². The quantitative estimate of drug-likeness (QED) is 0.244. The van der Waals surface area contributed by atoms with Gasteiger partial charge in [0, 0.05) is 6.42 Å². The molecule has 1 rings (SSSR count). The van der Waals surface area contributed by atoms with Gasteiger partial charge < -0.3 is 15.3 Å². The number of allylic oxidation sites excluding steroid dienone is 1. The van der Waals surface area contributed by atoms with Gasteiger partial charge >= 0.3 is 5.97 Å². The lowest BCUT2D eigenvalue weighted by Gasteiger charge is -2.20. The Hall–Kier alpha value is -0.870. The van der Waals surface area contributed by atoms with Crippen molar-refractivity contribution in [2.45, 2.75) is 115 Å². The van der Waals surface area contributed by atoms with Crippen LogP contribution in [0.3, 0.4) is 0 Å². The van der Waals surface area contributed by atoms with Crippen LogP contribution in [0.2, 0.25) is 0 Å². The minimum Gasteiger partial charge on any atom is -0.481 e. The summed E-state index contributed by atoms with van der Waals surface area (Å²) in [5.74, 6) is 0.000583. The van der Waals surface area contributed by atoms with Crippen molar-refractivity contribution in [3.63, 3.8) is 0 Å². The summed E-state index contributed by atoms with van der Waals surface area (Å²) in [5, 5.41) is 29.1. The van der Waals surface area contributed by atoms with Crippen LogP contribution in [0.15, 0.2) is 12.2 Å². The van der Waals surface area contributed by atoms with Crippen LogP contribution in [0.4, 0.5) is 0 Å². The average Bonchev–Trinajstić information content (AvgIpc) is 2.98. The van der Waals surface area contributed by atoms with Gasteiger partial charge in [0.2, 0.25) is 0 Å². The molecule has 1 saturated carbocycles. The molecular formula is C23H42O4. The summed E-state index contributed by atoms with van der Waals surface area (Å²) in [7, 11) is 0. The van der Waals surface area contributed by atoms with E-state index in [-0.39, 0.29) is 18.6 Å². The lowest BCUT2D eigenvalue weighted by atomic mass is 9.88. The Labute approximate surface area is 166 Å². The van der Waals surface area contributed by atoms with Crippen LogP contribution in [0, 0.1) is 11.8 Å². The normalized spacial score (nSPS) is 23.9. The molecule has 0 saturated heterocycles. The number of unbranched alkanes of at least 4 members (excludes halogenated alkanes) is 8. The zero-order chi connectivity index (χ0) is 19.9. The van der Waals surface area contributed by atoms with Crippen LogP contribution in [-0.2, 0) is 4.79 Å². The predicted molar refractivity (Wildman–Crippen MR) is 111 cm³/mol. The molecule has 0 amide bonds. The van der Waals surface area contributed by atoms with E-state index in [9.17, 15) is 15.0 Å². The minimum absolute atomic E-state index is 0.210. The molecule has 4 nitrogen and oxygen atoms in total. The first-order valence-corrected chi connectivity index (χ1v) is 11.3. The molecule has 0 radical (unpaired) electrons. The zero-order valence-corrected chi connectivity index (χ0v) is 17.3. The average molecular weight is 383 g/mol. The van der Waals surface area contributed by atoms with Crippen LogP contribution in [-0.4, -0.2) is 33.5 Å². The number of carbonyl (C=O) groups is 1. The molecule has 0 aliphatic heterocycles. The lowest BCUT2D eigenvalue weighted by Crippen LogP contribution is -2.18. The second-order valence-electron chi connectivity index (χ2n) is 8.33. The van der Waals surface area contributed by atoms with Crippen molar-refractivity contribution in [1.29, 1.82) is 0 Å². The van der Waals surface area contributed by atoms with E-state index >= 15 is 0 Å². The van der Waals surface area contributed by atoms with Gasteiger partial charge in [-0.3, -0.25) is 4.79 Å². The fourth-order valence-corrected chi connectivity index (χ4v) is 4.23. The molecule has 1 aliphatic rings. The standard InChI is InChI=1S/C23H42O4/c1-2-3-4-6-9-12-20(24)17-15-19-16-18-22(25)21(19)13-10-7-5-8-11-14-23(26)27/h15,17,19-22,24-25H,2-14,16,18H2,1H3,(H,26,27)/b17-15+. The molecule has 3 N–H and O–H groups in total. The van der Waals surface area contributed by atoms with Crippen molar-refractivity contribution in [3.8, 4) is 0 Å². The molecule has 4 heteroatoms. The van der Waals surface area contributed by atoms with E-state index in [2.05, 4.69) is 13.0 Å². The van der Waals surface area contributed by atoms with Crippen molar-refractivity contribution in [2.75, 3.05) is 0 Å². The highest BCUT2D eigenvalue weighted by molar-refractivity contribution is 5.66. The van der Waals surface area contributed by atoms with Crippen molar-refractivity contribution < 1.29 is 20.1 Å². The summed E-state index contributed by atoms with van der Waals surface area (Å²) in [6, 6.07) is 0. The summed E-state index contributed by atoms with van der Waals surface area (Å²) in [6.07, 6.45) is 18.7. The first kappa shape index (κ1) is 24.2. The first-order valence-electron chi connectivity index (χ1n) is 11.3. The summed E-state index contributed by atoms with van der Waals surface area (Å²) in [4.78, 5) is 10.5. The largest absolute Gasteiger partial charge is 0.481 e. The monoisotopic (exact) mass is 382 g/mol. The number of carboxylic acids is 1. The molecule has 1 fully saturated rings. The van der Waals surface area contributed by atoms with Gasteiger partial charge in [-0.25, -0.2) is 0 Å². The highest BCUT2D eigenvalue weighted by Crippen LogP contribution is 2.37. The Morgan fingerprint density at radius 2 is 1.67 bits per heavy atom. The van der Waals surface area contributed by atoms with Gasteiger partial charge in [0.05, 0.1) is 12.2 Å². The van der Waals surface area contributed by atoms with Crippen molar-refractivity contribution >= 4 is 5.97 Å². The summed E-state index contributed by atoms with van der Waals surface area (Å²) in [6.45, 7) is 2.21. The number of hydrogen-bond acceptors (Lipinski definition) is 3. The molecule has 1 aliphatic carbocycles. The Balaban J connectivity index is 2.20. The zero-order valence-electron chi connectivity index (χ0n) is 17.3. The first-order chi connectivity index (χ1) is 13.0. The van der Waals surface area contributed by atoms with E-state index in [1.165, 1.54) is 25.7 Å². The molecular weight excluding hydrogens is 340 g/mol. The van der Waals surface area contributed by atoms with Crippen LogP contribution in [0.5, 0.6) is 0 Å². The van der Waals surface area contributed by atoms with Gasteiger partial charge in [-0.05, 0) is 43.9 Å². The highest BCUT2D eigenvalue weighted by Gasteiger charge is 2.32. The van der Waals surface area contributed by atoms with Gasteiger partial charge in [0.25, 0.3) is 0 Å². The minimum atomic E-state index is -0.707. The molecule has 158 valence electrons. The fraction of sp³-hybridized carbons (Fsp3) is 0.870. The Morgan fingerprint density at radius 1 is 1.00 bits per heavy atom. The van der Waals surface area contributed by atoms with Crippen LogP contribution < -0.4 is 0 Å². The van der Waals surface area contributed by atoms with Gasteiger partial charge in [0.1, 0.15) is 0 Å². The molecule has 27 heavy (non-hydrogen) atoms. The van der Waals surface area contributed by atoms with E-state index in [0.717, 1.165) is 64.2 Å². The molecule has 0 aromatic rings. The number of aliphatic carboxylic acids is 1. The van der Waals surface area contributed by atoms with E-state index in [1.807, 2.05) is 6.08 Å². The van der Waals surface area contributed by atoms with E-state index < -0.39 is 5.97 Å². The Morgan fingerprint density at radius 3 is 2.41 bits per heavy atom. The smallest absolute Gasteiger partial charge is 0.303 e. The van der Waals surface area contributed by atoms with Crippen molar-refractivity contribution in [1.82, 2.24) is 0 Å². The maximum atomic E-state index is 10.5. The summed E-state index contributed by atoms with van der Waals surface area (Å²) in [5.41, 5.74) is 0. The maximum Gasteiger partial charge on any atom is 0.303 e. The van der Waals surface area contributed by atoms with Crippen LogP contribution in [0.25, 0.3) is 0 Å². The number of aliphatic hydroxyl groups excluding tert-OH is 2. The fourth-order valence-electron chi connectivity index (χ4n) is 4.23. The number of rotatable bonds is 16. The molecule has 0 aromatic heterocycles. The van der Waals surface area contributed by atoms with E-state index in [4.69, 9.17) is 5.11 Å². The van der Waals surface area contributed by atoms with Crippen LogP contribution in [0.1, 0.15) is 103 Å². The van der Waals surface area contributed by atoms with Crippen molar-refractivity contribution in [3.05, 3.63) is 12.2 Å². The van der Waals surface area contributed by atoms with Gasteiger partial charge in [-0.15, -0.1) is 0 Å². The molecule has 0 spiro atoms. The van der Waals surface area contributed by atoms with Crippen molar-refractivity contribution in [2.24, 2.45) is 11.8 Å². The lowest BCUT2D eigenvalue weighted by molar-refractivity contribution is -0.137. The summed E-state index contributed by atoms with van der Waals surface area (Å²) < 4.78 is 0. The highest BCUT2D eigenvalue weighted by atomic mass is 16.4. The third-order valence-electron chi connectivity index (χ3n) is 5.95. The Bertz CT molecular complexity index is 407. The summed E-state index contributed by atoms with van der Waals surface area (Å²) >= 11 is 0. The molecule has 0 heterocycles. The second-order valence-corrected chi connectivity index (χ2v) is 8.33. The van der Waals surface area contributed by atoms with Gasteiger partial charge in [0.15, 0.2) is 0 Å². The van der Waals surface area contributed by atoms with Gasteiger partial charge in [-0.2, -0.15) is 0 Å². The van der Waals surface area contributed by atoms with Crippen LogP contribution >= 0.6 is 0 Å². The Kier molecular flexibility index (Phi) is 13.5. The molecule has 0 bridgehead atoms. The third-order valence-corrected chi connectivity index (χ3v) is 5.95. The third kappa shape index (κ3) is 11.5. The number of carboxylic acid groups (broad SMARTS) is 1. The molecule has 4 unspecified atom stereocenters. The molecule has 0 aromatic carbocycles. The number of hydrogen-bond donors (Lipinski definition) is 3. The maximum absolute atomic E-state index is 10.5. The second kappa shape index (κ2) is 15.1. The van der Waals surface area contributed by atoms with E-state index in [1.54, 1.807) is 0 Å². The number of aliphatic hydroxyl groups is 2. The van der Waals surface area contributed by atoms with Gasteiger partial charge in [-0.1, -0.05) is 76.9 Å². The predicted octanol–water partition coefficient (Wildman–Crippen LogP) is 5.47.